The van der Waals surface area contributed by atoms with E-state index >= 15 is 0 Å². The molecular formula is C12H10ClN3O3S. The van der Waals surface area contributed by atoms with E-state index in [1.807, 2.05) is 5.38 Å². The third-order valence-electron chi connectivity index (χ3n) is 2.56. The van der Waals surface area contributed by atoms with E-state index in [9.17, 15) is 14.9 Å². The quantitative estimate of drug-likeness (QED) is 0.679. The van der Waals surface area contributed by atoms with E-state index in [0.717, 1.165) is 5.69 Å². The molecule has 0 bridgehead atoms. The van der Waals surface area contributed by atoms with Gasteiger partial charge in [-0.15, -0.1) is 11.3 Å². The Hall–Kier alpha value is -1.99. The summed E-state index contributed by atoms with van der Waals surface area (Å²) in [6.07, 6.45) is 0.616. The van der Waals surface area contributed by atoms with Crippen LogP contribution in [0.2, 0.25) is 5.02 Å². The highest BCUT2D eigenvalue weighted by Crippen LogP contribution is 2.24. The molecule has 0 saturated carbocycles. The van der Waals surface area contributed by atoms with Gasteiger partial charge >= 0.3 is 0 Å². The predicted molar refractivity (Wildman–Crippen MR) is 76.3 cm³/mol. The molecule has 0 spiro atoms. The number of hydrogen-bond acceptors (Lipinski definition) is 5. The van der Waals surface area contributed by atoms with Crippen molar-refractivity contribution in [1.82, 2.24) is 10.3 Å². The minimum absolute atomic E-state index is 0.00835. The summed E-state index contributed by atoms with van der Waals surface area (Å²) in [5.74, 6) is -0.375. The van der Waals surface area contributed by atoms with Gasteiger partial charge in [-0.25, -0.2) is 4.98 Å². The number of thiazole rings is 1. The lowest BCUT2D eigenvalue weighted by Gasteiger charge is -2.04. The van der Waals surface area contributed by atoms with Crippen molar-refractivity contribution in [3.05, 3.63) is 55.5 Å². The Labute approximate surface area is 123 Å². The summed E-state index contributed by atoms with van der Waals surface area (Å²) in [5, 5.41) is 15.3. The number of rotatable bonds is 5. The normalized spacial score (nSPS) is 10.2. The van der Waals surface area contributed by atoms with Gasteiger partial charge < -0.3 is 5.32 Å². The van der Waals surface area contributed by atoms with E-state index in [0.29, 0.717) is 13.0 Å². The molecule has 1 heterocycles. The Balaban J connectivity index is 1.98. The average Bonchev–Trinajstić information content (AvgIpc) is 2.92. The highest BCUT2D eigenvalue weighted by Gasteiger charge is 2.15. The van der Waals surface area contributed by atoms with Crippen molar-refractivity contribution in [1.29, 1.82) is 0 Å². The van der Waals surface area contributed by atoms with Gasteiger partial charge in [0.2, 0.25) is 0 Å². The van der Waals surface area contributed by atoms with Crippen LogP contribution in [-0.4, -0.2) is 22.4 Å². The van der Waals surface area contributed by atoms with Crippen molar-refractivity contribution >= 4 is 34.5 Å². The molecule has 0 saturated heterocycles. The Morgan fingerprint density at radius 3 is 2.95 bits per heavy atom. The van der Waals surface area contributed by atoms with Crippen LogP contribution in [0.15, 0.2) is 29.1 Å². The molecule has 1 N–H and O–H groups in total. The van der Waals surface area contributed by atoms with E-state index < -0.39 is 4.92 Å². The first-order chi connectivity index (χ1) is 9.58. The van der Waals surface area contributed by atoms with E-state index in [4.69, 9.17) is 11.6 Å². The number of aromatic nitrogens is 1. The second-order valence-corrected chi connectivity index (χ2v) is 5.03. The van der Waals surface area contributed by atoms with Crippen molar-refractivity contribution < 1.29 is 9.72 Å². The van der Waals surface area contributed by atoms with Crippen LogP contribution in [0.5, 0.6) is 0 Å². The Morgan fingerprint density at radius 1 is 1.50 bits per heavy atom. The summed E-state index contributed by atoms with van der Waals surface area (Å²) < 4.78 is 0. The van der Waals surface area contributed by atoms with Crippen LogP contribution in [0.25, 0.3) is 0 Å². The van der Waals surface area contributed by atoms with E-state index in [-0.39, 0.29) is 22.2 Å². The fourth-order valence-corrected chi connectivity index (χ4v) is 2.34. The van der Waals surface area contributed by atoms with E-state index in [2.05, 4.69) is 10.3 Å². The van der Waals surface area contributed by atoms with Crippen LogP contribution < -0.4 is 5.32 Å². The molecule has 0 radical (unpaired) electrons. The van der Waals surface area contributed by atoms with Crippen molar-refractivity contribution in [2.75, 3.05) is 6.54 Å². The summed E-state index contributed by atoms with van der Waals surface area (Å²) in [5.41, 5.74) is 2.55. The SMILES string of the molecule is O=C(NCCc1cscn1)c1ccc(Cl)c([N+](=O)[O-])c1. The Morgan fingerprint density at radius 2 is 2.30 bits per heavy atom. The molecule has 104 valence electrons. The monoisotopic (exact) mass is 311 g/mol. The highest BCUT2D eigenvalue weighted by molar-refractivity contribution is 7.07. The summed E-state index contributed by atoms with van der Waals surface area (Å²) in [6, 6.07) is 3.96. The predicted octanol–water partition coefficient (Wildman–Crippen LogP) is 2.68. The van der Waals surface area contributed by atoms with Crippen molar-refractivity contribution in [3.8, 4) is 0 Å². The largest absolute Gasteiger partial charge is 0.352 e. The van der Waals surface area contributed by atoms with Gasteiger partial charge in [-0.2, -0.15) is 0 Å². The van der Waals surface area contributed by atoms with Crippen LogP contribution in [-0.2, 0) is 6.42 Å². The molecule has 0 atom stereocenters. The van der Waals surface area contributed by atoms with Gasteiger partial charge in [0.05, 0.1) is 16.1 Å². The zero-order valence-corrected chi connectivity index (χ0v) is 11.8. The van der Waals surface area contributed by atoms with Gasteiger partial charge in [0.1, 0.15) is 5.02 Å². The highest BCUT2D eigenvalue weighted by atomic mass is 35.5. The maximum atomic E-state index is 11.9. The molecule has 2 aromatic rings. The number of nitrogens with zero attached hydrogens (tertiary/aromatic N) is 2. The number of nitrogens with one attached hydrogen (secondary N) is 1. The molecule has 2 rings (SSSR count). The second-order valence-electron chi connectivity index (χ2n) is 3.91. The zero-order chi connectivity index (χ0) is 14.5. The number of carbonyl (C=O) groups excluding carboxylic acids is 1. The van der Waals surface area contributed by atoms with Gasteiger partial charge in [-0.3, -0.25) is 14.9 Å². The maximum absolute atomic E-state index is 11.9. The number of benzene rings is 1. The molecule has 20 heavy (non-hydrogen) atoms. The van der Waals surface area contributed by atoms with Crippen LogP contribution >= 0.6 is 22.9 Å². The van der Waals surface area contributed by atoms with Crippen molar-refractivity contribution in [3.63, 3.8) is 0 Å². The van der Waals surface area contributed by atoms with E-state index in [1.165, 1.54) is 29.5 Å². The average molecular weight is 312 g/mol. The molecule has 1 aromatic carbocycles. The Kier molecular flexibility index (Phi) is 4.65. The number of halogens is 1. The molecule has 6 nitrogen and oxygen atoms in total. The fourth-order valence-electron chi connectivity index (χ4n) is 1.56. The number of amides is 1. The minimum atomic E-state index is -0.617. The van der Waals surface area contributed by atoms with Gasteiger partial charge in [0.15, 0.2) is 0 Å². The fraction of sp³-hybridized carbons (Fsp3) is 0.167. The van der Waals surface area contributed by atoms with Crippen LogP contribution in [0, 0.1) is 10.1 Å². The van der Waals surface area contributed by atoms with Gasteiger partial charge in [0, 0.05) is 30.0 Å². The third-order valence-corrected chi connectivity index (χ3v) is 3.51. The topological polar surface area (TPSA) is 85.1 Å². The summed E-state index contributed by atoms with van der Waals surface area (Å²) in [6.45, 7) is 0.416. The maximum Gasteiger partial charge on any atom is 0.288 e. The van der Waals surface area contributed by atoms with Gasteiger partial charge in [-0.05, 0) is 12.1 Å². The lowest BCUT2D eigenvalue weighted by atomic mass is 10.2. The van der Waals surface area contributed by atoms with E-state index in [1.54, 1.807) is 5.51 Å². The first kappa shape index (κ1) is 14.4. The molecule has 0 aliphatic carbocycles. The molecule has 1 aromatic heterocycles. The number of carbonyl (C=O) groups is 1. The van der Waals surface area contributed by atoms with Gasteiger partial charge in [-0.1, -0.05) is 11.6 Å². The molecule has 0 fully saturated rings. The van der Waals surface area contributed by atoms with Crippen molar-refractivity contribution in [2.45, 2.75) is 6.42 Å². The lowest BCUT2D eigenvalue weighted by Crippen LogP contribution is -2.25. The first-order valence-electron chi connectivity index (χ1n) is 5.67. The molecule has 0 aliphatic rings. The second kappa shape index (κ2) is 6.44. The minimum Gasteiger partial charge on any atom is -0.352 e. The molecule has 0 unspecified atom stereocenters. The molecule has 1 amide bonds. The lowest BCUT2D eigenvalue weighted by molar-refractivity contribution is -0.384. The number of nitro benzene ring substituents is 1. The van der Waals surface area contributed by atoms with Crippen molar-refractivity contribution in [2.24, 2.45) is 0 Å². The standard InChI is InChI=1S/C12H10ClN3O3S/c13-10-2-1-8(5-11(10)16(18)19)12(17)14-4-3-9-6-20-7-15-9/h1-2,5-7H,3-4H2,(H,14,17). The summed E-state index contributed by atoms with van der Waals surface area (Å²) in [4.78, 5) is 26.1. The molecule has 0 aliphatic heterocycles. The Bertz CT molecular complexity index is 631. The van der Waals surface area contributed by atoms with Crippen LogP contribution in [0.4, 0.5) is 5.69 Å². The van der Waals surface area contributed by atoms with Crippen LogP contribution in [0.3, 0.4) is 0 Å². The zero-order valence-electron chi connectivity index (χ0n) is 10.2. The summed E-state index contributed by atoms with van der Waals surface area (Å²) in [7, 11) is 0. The summed E-state index contributed by atoms with van der Waals surface area (Å²) >= 11 is 7.18. The van der Waals surface area contributed by atoms with Crippen LogP contribution in [0.1, 0.15) is 16.1 Å². The number of nitro groups is 1. The third kappa shape index (κ3) is 3.52. The smallest absolute Gasteiger partial charge is 0.288 e. The molecular weight excluding hydrogens is 302 g/mol. The molecule has 8 heteroatoms. The number of hydrogen-bond donors (Lipinski definition) is 1. The van der Waals surface area contributed by atoms with Gasteiger partial charge in [0.25, 0.3) is 11.6 Å². The first-order valence-corrected chi connectivity index (χ1v) is 6.99.